The number of hydrogen-bond acceptors (Lipinski definition) is 6. The zero-order valence-corrected chi connectivity index (χ0v) is 13.4. The number of hydrogen-bond donors (Lipinski definition) is 2. The monoisotopic (exact) mass is 341 g/mol. The number of aryl methyl sites for hydroxylation is 1. The van der Waals surface area contributed by atoms with Gasteiger partial charge in [0.2, 0.25) is 5.91 Å². The van der Waals surface area contributed by atoms with E-state index < -0.39 is 11.5 Å². The number of amides is 1. The summed E-state index contributed by atoms with van der Waals surface area (Å²) in [5.41, 5.74) is 0.245. The summed E-state index contributed by atoms with van der Waals surface area (Å²) in [4.78, 5) is 39.7. The van der Waals surface area contributed by atoms with E-state index in [1.165, 1.54) is 13.3 Å². The van der Waals surface area contributed by atoms with Gasteiger partial charge in [-0.1, -0.05) is 6.07 Å². The number of anilines is 1. The molecule has 25 heavy (non-hydrogen) atoms. The van der Waals surface area contributed by atoms with Crippen molar-refractivity contribution in [1.29, 1.82) is 0 Å². The lowest BCUT2D eigenvalue weighted by molar-refractivity contribution is -0.116. The van der Waals surface area contributed by atoms with Crippen LogP contribution in [0.3, 0.4) is 0 Å². The summed E-state index contributed by atoms with van der Waals surface area (Å²) in [7, 11) is 1.25. The minimum Gasteiger partial charge on any atom is -0.465 e. The first kappa shape index (κ1) is 16.4. The van der Waals surface area contributed by atoms with Gasteiger partial charge in [-0.15, -0.1) is 0 Å². The highest BCUT2D eigenvalue weighted by atomic mass is 16.5. The topological polar surface area (TPSA) is 119 Å². The van der Waals surface area contributed by atoms with E-state index in [2.05, 4.69) is 20.5 Å². The maximum absolute atomic E-state index is 12.0. The van der Waals surface area contributed by atoms with Gasteiger partial charge in [0.15, 0.2) is 0 Å². The Labute approximate surface area is 142 Å². The van der Waals surface area contributed by atoms with Crippen LogP contribution in [0.25, 0.3) is 11.3 Å². The number of pyridine rings is 2. The van der Waals surface area contributed by atoms with Crippen LogP contribution in [0.5, 0.6) is 0 Å². The molecular weight excluding hydrogens is 326 g/mol. The fourth-order valence-corrected chi connectivity index (χ4v) is 2.35. The number of aromatic amines is 1. The van der Waals surface area contributed by atoms with Crippen molar-refractivity contribution < 1.29 is 14.3 Å². The number of fused-ring (bicyclic) bond motifs is 1. The maximum atomic E-state index is 12.0. The van der Waals surface area contributed by atoms with Gasteiger partial charge in [0, 0.05) is 31.6 Å². The van der Waals surface area contributed by atoms with Gasteiger partial charge in [0.25, 0.3) is 5.56 Å². The molecule has 0 saturated heterocycles. The average Bonchev–Trinajstić information content (AvgIpc) is 3.00. The van der Waals surface area contributed by atoms with Crippen LogP contribution in [0.2, 0.25) is 0 Å². The molecule has 0 aliphatic carbocycles. The van der Waals surface area contributed by atoms with Gasteiger partial charge < -0.3 is 14.6 Å². The molecule has 2 aliphatic rings. The molecule has 1 amide bonds. The Kier molecular flexibility index (Phi) is 4.55. The second-order valence-electron chi connectivity index (χ2n) is 5.23. The molecule has 1 aromatic rings. The van der Waals surface area contributed by atoms with Crippen LogP contribution < -0.4 is 10.9 Å². The number of methoxy groups -OCH3 is 1. The predicted octanol–water partition coefficient (Wildman–Crippen LogP) is 0.887. The summed E-state index contributed by atoms with van der Waals surface area (Å²) in [6.45, 7) is 0.267. The van der Waals surface area contributed by atoms with Gasteiger partial charge in [-0.25, -0.2) is 14.9 Å². The van der Waals surface area contributed by atoms with Gasteiger partial charge in [0.1, 0.15) is 17.1 Å². The average molecular weight is 341 g/mol. The molecule has 9 heteroatoms. The Hall–Kier alpha value is -3.49. The summed E-state index contributed by atoms with van der Waals surface area (Å²) in [5.74, 6) is -0.385. The van der Waals surface area contributed by atoms with Crippen LogP contribution in [0.1, 0.15) is 16.8 Å². The number of ether oxygens (including phenoxy) is 1. The second-order valence-corrected chi connectivity index (χ2v) is 5.23. The Bertz CT molecular complexity index is 931. The Morgan fingerprint density at radius 1 is 1.32 bits per heavy atom. The molecule has 128 valence electrons. The second kappa shape index (κ2) is 6.95. The van der Waals surface area contributed by atoms with Crippen molar-refractivity contribution in [2.45, 2.75) is 13.0 Å². The number of rotatable bonds is 5. The standard InChI is InChI=1S/C16H15N5O4/c1-25-16(24)11-9-21(8-10-14(11)19-20-15(10)23)7-5-13(22)18-12-4-2-3-6-17-12/h2-4,6,8-9H,5,7H2,1H3,(H,20,23)(H,17,18,22). The third-order valence-corrected chi connectivity index (χ3v) is 3.55. The number of carbonyl (C=O) groups is 2. The van der Waals surface area contributed by atoms with Crippen molar-refractivity contribution in [2.24, 2.45) is 0 Å². The van der Waals surface area contributed by atoms with E-state index in [4.69, 9.17) is 4.74 Å². The molecule has 0 spiro atoms. The molecule has 9 nitrogen and oxygen atoms in total. The molecule has 0 atom stereocenters. The molecule has 3 rings (SSSR count). The highest BCUT2D eigenvalue weighted by Gasteiger charge is 2.21. The number of H-pyrrole nitrogens is 1. The maximum Gasteiger partial charge on any atom is 0.341 e. The molecule has 3 heterocycles. The predicted molar refractivity (Wildman–Crippen MR) is 88.3 cm³/mol. The fourth-order valence-electron chi connectivity index (χ4n) is 2.35. The van der Waals surface area contributed by atoms with Crippen molar-refractivity contribution in [3.8, 4) is 11.3 Å². The summed E-state index contributed by atoms with van der Waals surface area (Å²) < 4.78 is 6.30. The number of carbonyl (C=O) groups excluding carboxylic acids is 2. The highest BCUT2D eigenvalue weighted by molar-refractivity contribution is 5.96. The van der Waals surface area contributed by atoms with Crippen molar-refractivity contribution in [3.63, 3.8) is 0 Å². The Balaban J connectivity index is 1.78. The summed E-state index contributed by atoms with van der Waals surface area (Å²) >= 11 is 0. The van der Waals surface area contributed by atoms with Gasteiger partial charge in [-0.3, -0.25) is 9.59 Å². The number of nitrogens with one attached hydrogen (secondary N) is 2. The molecule has 2 aliphatic heterocycles. The number of esters is 1. The molecule has 0 bridgehead atoms. The van der Waals surface area contributed by atoms with Crippen LogP contribution in [-0.2, 0) is 16.1 Å². The summed E-state index contributed by atoms with van der Waals surface area (Å²) in [6.07, 6.45) is 4.76. The van der Waals surface area contributed by atoms with E-state index in [-0.39, 0.29) is 35.7 Å². The van der Waals surface area contributed by atoms with E-state index in [0.717, 1.165) is 0 Å². The van der Waals surface area contributed by atoms with Gasteiger partial charge in [-0.05, 0) is 12.1 Å². The first-order chi connectivity index (χ1) is 12.1. The lowest BCUT2D eigenvalue weighted by Gasteiger charge is -2.11. The SMILES string of the molecule is COC(=O)c1cn(CCC(=O)Nc2ccccn2)cc2c(=O)[nH]nc1-2. The molecule has 0 aromatic carbocycles. The van der Waals surface area contributed by atoms with Crippen LogP contribution in [0.4, 0.5) is 5.82 Å². The molecule has 0 saturated carbocycles. The fraction of sp³-hybridized carbons (Fsp3) is 0.188. The normalized spacial score (nSPS) is 10.6. The summed E-state index contributed by atoms with van der Waals surface area (Å²) in [6, 6.07) is 5.20. The van der Waals surface area contributed by atoms with Crippen molar-refractivity contribution in [2.75, 3.05) is 12.4 Å². The highest BCUT2D eigenvalue weighted by Crippen LogP contribution is 2.20. The van der Waals surface area contributed by atoms with E-state index in [0.29, 0.717) is 5.82 Å². The number of aromatic nitrogens is 4. The number of nitrogens with zero attached hydrogens (tertiary/aromatic N) is 3. The van der Waals surface area contributed by atoms with E-state index in [1.807, 2.05) is 0 Å². The summed E-state index contributed by atoms with van der Waals surface area (Å²) in [5, 5.41) is 8.82. The van der Waals surface area contributed by atoms with Gasteiger partial charge in [-0.2, -0.15) is 5.10 Å². The van der Waals surface area contributed by atoms with E-state index >= 15 is 0 Å². The zero-order chi connectivity index (χ0) is 17.8. The van der Waals surface area contributed by atoms with Crippen LogP contribution in [0.15, 0.2) is 41.6 Å². The third-order valence-electron chi connectivity index (χ3n) is 3.55. The lowest BCUT2D eigenvalue weighted by atomic mass is 10.1. The minimum absolute atomic E-state index is 0.138. The van der Waals surface area contributed by atoms with Gasteiger partial charge >= 0.3 is 5.97 Å². The molecule has 0 unspecified atom stereocenters. The van der Waals surface area contributed by atoms with Crippen molar-refractivity contribution in [3.05, 3.63) is 52.7 Å². The van der Waals surface area contributed by atoms with Gasteiger partial charge in [0.05, 0.1) is 12.7 Å². The molecular formula is C16H15N5O4. The van der Waals surface area contributed by atoms with Crippen molar-refractivity contribution in [1.82, 2.24) is 19.7 Å². The largest absolute Gasteiger partial charge is 0.465 e. The van der Waals surface area contributed by atoms with Crippen molar-refractivity contribution >= 4 is 17.7 Å². The Morgan fingerprint density at radius 3 is 2.88 bits per heavy atom. The van der Waals surface area contributed by atoms with Crippen LogP contribution in [-0.4, -0.2) is 38.7 Å². The van der Waals surface area contributed by atoms with E-state index in [1.54, 1.807) is 35.2 Å². The quantitative estimate of drug-likeness (QED) is 0.665. The Morgan fingerprint density at radius 2 is 2.16 bits per heavy atom. The molecule has 0 fully saturated rings. The van der Waals surface area contributed by atoms with Crippen LogP contribution in [0, 0.1) is 0 Å². The molecule has 0 radical (unpaired) electrons. The first-order valence-electron chi connectivity index (χ1n) is 7.46. The molecule has 2 N–H and O–H groups in total. The van der Waals surface area contributed by atoms with Crippen LogP contribution >= 0.6 is 0 Å². The smallest absolute Gasteiger partial charge is 0.341 e. The lowest BCUT2D eigenvalue weighted by Crippen LogP contribution is -2.17. The zero-order valence-electron chi connectivity index (χ0n) is 13.4. The third kappa shape index (κ3) is 3.55. The minimum atomic E-state index is -0.608. The molecule has 1 aromatic heterocycles. The first-order valence-corrected chi connectivity index (χ1v) is 7.46. The van der Waals surface area contributed by atoms with E-state index in [9.17, 15) is 14.4 Å².